The Bertz CT molecular complexity index is 588. The number of benzene rings is 1. The Hall–Kier alpha value is -2.57. The highest BCUT2D eigenvalue weighted by Gasteiger charge is 2.31. The second-order valence-electron chi connectivity index (χ2n) is 5.06. The molecule has 7 nitrogen and oxygen atoms in total. The Kier molecular flexibility index (Phi) is 5.96. The average molecular weight is 320 g/mol. The minimum Gasteiger partial charge on any atom is -0.463 e. The summed E-state index contributed by atoms with van der Waals surface area (Å²) in [5, 5.41) is 5.23. The minimum atomic E-state index is -0.909. The summed E-state index contributed by atoms with van der Waals surface area (Å²) in [7, 11) is 0. The Balaban J connectivity index is 1.73. The van der Waals surface area contributed by atoms with Crippen molar-refractivity contribution in [1.29, 1.82) is 0 Å². The first kappa shape index (κ1) is 16.8. The Morgan fingerprint density at radius 2 is 2.09 bits per heavy atom. The molecule has 1 aromatic carbocycles. The third-order valence-corrected chi connectivity index (χ3v) is 3.34. The van der Waals surface area contributed by atoms with Gasteiger partial charge in [0.1, 0.15) is 0 Å². The van der Waals surface area contributed by atoms with Crippen LogP contribution in [0.2, 0.25) is 0 Å². The molecule has 0 aliphatic carbocycles. The number of hydrogen-bond donors (Lipinski definition) is 2. The van der Waals surface area contributed by atoms with Crippen LogP contribution in [0.4, 0.5) is 4.79 Å². The van der Waals surface area contributed by atoms with Crippen molar-refractivity contribution in [3.8, 4) is 0 Å². The molecular formula is C16H20N2O5. The average Bonchev–Trinajstić information content (AvgIpc) is 2.54. The number of esters is 2. The van der Waals surface area contributed by atoms with Gasteiger partial charge in [-0.05, 0) is 25.0 Å². The van der Waals surface area contributed by atoms with E-state index in [4.69, 9.17) is 9.47 Å². The molecule has 0 bridgehead atoms. The van der Waals surface area contributed by atoms with Crippen LogP contribution in [-0.2, 0) is 20.7 Å². The zero-order valence-electron chi connectivity index (χ0n) is 13.0. The zero-order chi connectivity index (χ0) is 16.7. The Morgan fingerprint density at radius 1 is 1.30 bits per heavy atom. The first-order valence-corrected chi connectivity index (χ1v) is 7.59. The van der Waals surface area contributed by atoms with Crippen molar-refractivity contribution in [1.82, 2.24) is 10.6 Å². The van der Waals surface area contributed by atoms with E-state index in [1.807, 2.05) is 13.0 Å². The van der Waals surface area contributed by atoms with Crippen molar-refractivity contribution in [2.45, 2.75) is 25.9 Å². The largest absolute Gasteiger partial charge is 0.463 e. The predicted molar refractivity (Wildman–Crippen MR) is 82.0 cm³/mol. The van der Waals surface area contributed by atoms with Gasteiger partial charge < -0.3 is 20.1 Å². The number of urea groups is 1. The molecule has 1 aliphatic rings. The molecule has 23 heavy (non-hydrogen) atoms. The number of carbonyl (C=O) groups excluding carboxylic acids is 3. The molecule has 0 radical (unpaired) electrons. The fraction of sp³-hybridized carbons (Fsp3) is 0.438. The number of rotatable bonds is 6. The fourth-order valence-electron chi connectivity index (χ4n) is 2.23. The lowest BCUT2D eigenvalue weighted by molar-refractivity contribution is -0.154. The lowest BCUT2D eigenvalue weighted by Crippen LogP contribution is -2.37. The number of hydrogen-bond acceptors (Lipinski definition) is 5. The number of amides is 2. The predicted octanol–water partition coefficient (Wildman–Crippen LogP) is 1.02. The van der Waals surface area contributed by atoms with Gasteiger partial charge in [0.25, 0.3) is 0 Å². The van der Waals surface area contributed by atoms with Gasteiger partial charge in [-0.2, -0.15) is 0 Å². The molecule has 0 saturated carbocycles. The molecule has 1 atom stereocenters. The number of fused-ring (bicyclic) bond motifs is 1. The van der Waals surface area contributed by atoms with Crippen molar-refractivity contribution in [3.05, 3.63) is 35.4 Å². The summed E-state index contributed by atoms with van der Waals surface area (Å²) >= 11 is 0. The van der Waals surface area contributed by atoms with Gasteiger partial charge in [-0.1, -0.05) is 18.2 Å². The maximum absolute atomic E-state index is 12.0. The van der Waals surface area contributed by atoms with Crippen LogP contribution >= 0.6 is 0 Å². The highest BCUT2D eigenvalue weighted by atomic mass is 16.6. The van der Waals surface area contributed by atoms with Crippen molar-refractivity contribution >= 4 is 18.0 Å². The van der Waals surface area contributed by atoms with Crippen LogP contribution in [0.15, 0.2) is 24.3 Å². The van der Waals surface area contributed by atoms with Crippen LogP contribution in [-0.4, -0.2) is 43.8 Å². The summed E-state index contributed by atoms with van der Waals surface area (Å²) in [6.07, 6.45) is -0.105. The quantitative estimate of drug-likeness (QED) is 0.603. The van der Waals surface area contributed by atoms with Gasteiger partial charge in [-0.3, -0.25) is 0 Å². The van der Waals surface area contributed by atoms with Crippen LogP contribution in [0.25, 0.3) is 0 Å². The third-order valence-electron chi connectivity index (χ3n) is 3.34. The van der Waals surface area contributed by atoms with E-state index in [1.54, 1.807) is 18.2 Å². The second-order valence-corrected chi connectivity index (χ2v) is 5.06. The molecule has 0 fully saturated rings. The SMILES string of the molecule is CCNC(=O)NCCCOC(=O)[C@@H]1Cc2ccccc2C(=O)O1. The molecule has 2 N–H and O–H groups in total. The molecule has 2 rings (SSSR count). The first-order valence-electron chi connectivity index (χ1n) is 7.59. The van der Waals surface area contributed by atoms with Gasteiger partial charge >= 0.3 is 18.0 Å². The number of ether oxygens (including phenoxy) is 2. The van der Waals surface area contributed by atoms with Crippen molar-refractivity contribution in [2.24, 2.45) is 0 Å². The summed E-state index contributed by atoms with van der Waals surface area (Å²) < 4.78 is 10.2. The van der Waals surface area contributed by atoms with Crippen molar-refractivity contribution in [3.63, 3.8) is 0 Å². The maximum atomic E-state index is 12.0. The van der Waals surface area contributed by atoms with Crippen LogP contribution in [0.3, 0.4) is 0 Å². The fourth-order valence-corrected chi connectivity index (χ4v) is 2.23. The Labute approximate surface area is 134 Å². The summed E-state index contributed by atoms with van der Waals surface area (Å²) in [6.45, 7) is 2.92. The van der Waals surface area contributed by atoms with Gasteiger partial charge in [0, 0.05) is 19.5 Å². The highest BCUT2D eigenvalue weighted by Crippen LogP contribution is 2.21. The monoisotopic (exact) mass is 320 g/mol. The van der Waals surface area contributed by atoms with Crippen LogP contribution < -0.4 is 10.6 Å². The van der Waals surface area contributed by atoms with E-state index >= 15 is 0 Å². The summed E-state index contributed by atoms with van der Waals surface area (Å²) in [6, 6.07) is 6.78. The highest BCUT2D eigenvalue weighted by molar-refractivity contribution is 5.94. The summed E-state index contributed by atoms with van der Waals surface area (Å²) in [4.78, 5) is 34.9. The molecule has 0 unspecified atom stereocenters. The topological polar surface area (TPSA) is 93.7 Å². The van der Waals surface area contributed by atoms with E-state index in [0.717, 1.165) is 5.56 Å². The standard InChI is InChI=1S/C16H20N2O5/c1-2-17-16(21)18-8-5-9-22-15(20)13-10-11-6-3-4-7-12(11)14(19)23-13/h3-4,6-7,13H,2,5,8-10H2,1H3,(H2,17,18,21)/t13-/m0/s1. The smallest absolute Gasteiger partial charge is 0.347 e. The molecule has 1 heterocycles. The van der Waals surface area contributed by atoms with E-state index in [-0.39, 0.29) is 12.6 Å². The van der Waals surface area contributed by atoms with Crippen LogP contribution in [0.5, 0.6) is 0 Å². The molecule has 0 saturated heterocycles. The van der Waals surface area contributed by atoms with Gasteiger partial charge in [-0.25, -0.2) is 14.4 Å². The molecule has 0 aromatic heterocycles. The zero-order valence-corrected chi connectivity index (χ0v) is 13.0. The molecule has 2 amide bonds. The Morgan fingerprint density at radius 3 is 2.87 bits per heavy atom. The maximum Gasteiger partial charge on any atom is 0.347 e. The van der Waals surface area contributed by atoms with E-state index in [9.17, 15) is 14.4 Å². The molecular weight excluding hydrogens is 300 g/mol. The van der Waals surface area contributed by atoms with Crippen LogP contribution in [0.1, 0.15) is 29.3 Å². The van der Waals surface area contributed by atoms with E-state index < -0.39 is 18.0 Å². The van der Waals surface area contributed by atoms with Crippen molar-refractivity contribution < 1.29 is 23.9 Å². The van der Waals surface area contributed by atoms with Gasteiger partial charge in [0.2, 0.25) is 6.10 Å². The van der Waals surface area contributed by atoms with Gasteiger partial charge in [-0.15, -0.1) is 0 Å². The minimum absolute atomic E-state index is 0.154. The molecule has 1 aliphatic heterocycles. The molecule has 1 aromatic rings. The van der Waals surface area contributed by atoms with E-state index in [1.165, 1.54) is 0 Å². The lowest BCUT2D eigenvalue weighted by atomic mass is 9.99. The number of nitrogens with one attached hydrogen (secondary N) is 2. The number of cyclic esters (lactones) is 1. The summed E-state index contributed by atoms with van der Waals surface area (Å²) in [5.74, 6) is -1.07. The van der Waals surface area contributed by atoms with Crippen LogP contribution in [0, 0.1) is 0 Å². The molecule has 0 spiro atoms. The van der Waals surface area contributed by atoms with Gasteiger partial charge in [0.05, 0.1) is 12.2 Å². The normalized spacial score (nSPS) is 16.0. The van der Waals surface area contributed by atoms with E-state index in [0.29, 0.717) is 31.5 Å². The number of carbonyl (C=O) groups is 3. The second kappa shape index (κ2) is 8.17. The van der Waals surface area contributed by atoms with E-state index in [2.05, 4.69) is 10.6 Å². The molecule has 7 heteroatoms. The van der Waals surface area contributed by atoms with Gasteiger partial charge in [0.15, 0.2) is 0 Å². The summed E-state index contributed by atoms with van der Waals surface area (Å²) in [5.41, 5.74) is 1.27. The van der Waals surface area contributed by atoms with Crippen molar-refractivity contribution in [2.75, 3.05) is 19.7 Å². The lowest BCUT2D eigenvalue weighted by Gasteiger charge is -2.23. The third kappa shape index (κ3) is 4.70. The first-order chi connectivity index (χ1) is 11.1. The molecule has 124 valence electrons.